The van der Waals surface area contributed by atoms with Crippen LogP contribution in [0.1, 0.15) is 28.4 Å². The summed E-state index contributed by atoms with van der Waals surface area (Å²) in [5.41, 5.74) is 2.44. The number of benzene rings is 3. The van der Waals surface area contributed by atoms with E-state index in [0.29, 0.717) is 24.1 Å². The average molecular weight is 428 g/mol. The summed E-state index contributed by atoms with van der Waals surface area (Å²) in [6.07, 6.45) is 1.08. The first kappa shape index (κ1) is 21.3. The maximum Gasteiger partial charge on any atom is 0.257 e. The number of para-hydroxylation sites is 2. The number of H-pyrrole nitrogens is 1. The fourth-order valence-corrected chi connectivity index (χ4v) is 3.31. The highest BCUT2D eigenvalue weighted by Gasteiger charge is 2.12. The maximum atomic E-state index is 12.6. The molecule has 6 heteroatoms. The van der Waals surface area contributed by atoms with Crippen molar-refractivity contribution in [2.24, 2.45) is 0 Å². The van der Waals surface area contributed by atoms with Crippen LogP contribution in [0.25, 0.3) is 10.9 Å². The van der Waals surface area contributed by atoms with Crippen LogP contribution in [0, 0.1) is 0 Å². The summed E-state index contributed by atoms with van der Waals surface area (Å²) in [6, 6.07) is 24.4. The Bertz CT molecular complexity index is 1250. The minimum atomic E-state index is -0.406. The Morgan fingerprint density at radius 2 is 1.62 bits per heavy atom. The number of aromatic nitrogens is 1. The van der Waals surface area contributed by atoms with E-state index >= 15 is 0 Å². The Morgan fingerprint density at radius 1 is 0.938 bits per heavy atom. The van der Waals surface area contributed by atoms with Gasteiger partial charge < -0.3 is 19.8 Å². The molecule has 0 fully saturated rings. The summed E-state index contributed by atoms with van der Waals surface area (Å²) in [5.74, 6) is 0.354. The number of hydrogen-bond acceptors (Lipinski definition) is 4. The fourth-order valence-electron chi connectivity index (χ4n) is 3.31. The summed E-state index contributed by atoms with van der Waals surface area (Å²) in [5, 5.41) is 3.30. The number of aromatic amines is 1. The second kappa shape index (κ2) is 9.94. The van der Waals surface area contributed by atoms with E-state index in [1.54, 1.807) is 18.2 Å². The highest BCUT2D eigenvalue weighted by molar-refractivity contribution is 5.97. The predicted molar refractivity (Wildman–Crippen MR) is 124 cm³/mol. The van der Waals surface area contributed by atoms with E-state index in [0.717, 1.165) is 16.9 Å². The lowest BCUT2D eigenvalue weighted by molar-refractivity contribution is -0.0759. The number of carbonyl (C=O) groups is 1. The number of carbonyl (C=O) groups excluding carboxylic acids is 1. The monoisotopic (exact) mass is 428 g/mol. The summed E-state index contributed by atoms with van der Waals surface area (Å²) in [7, 11) is 0. The first-order valence-corrected chi connectivity index (χ1v) is 10.4. The largest absolute Gasteiger partial charge is 0.465 e. The molecule has 0 spiro atoms. The lowest BCUT2D eigenvalue weighted by Crippen LogP contribution is -2.28. The third kappa shape index (κ3) is 5.22. The molecule has 162 valence electrons. The minimum absolute atomic E-state index is 0.0983. The molecule has 1 heterocycles. The van der Waals surface area contributed by atoms with E-state index in [4.69, 9.17) is 9.47 Å². The molecule has 1 amide bonds. The number of hydrogen-bond donors (Lipinski definition) is 2. The van der Waals surface area contributed by atoms with E-state index in [1.807, 2.05) is 67.6 Å². The number of amides is 1. The quantitative estimate of drug-likeness (QED) is 0.408. The fraction of sp³-hybridized carbons (Fsp3) is 0.154. The average Bonchev–Trinajstić information content (AvgIpc) is 2.83. The molecule has 3 aromatic carbocycles. The molecule has 1 atom stereocenters. The van der Waals surface area contributed by atoms with Crippen molar-refractivity contribution in [3.05, 3.63) is 112 Å². The Labute approximate surface area is 185 Å². The maximum absolute atomic E-state index is 12.6. The van der Waals surface area contributed by atoms with Crippen LogP contribution in [0.5, 0.6) is 5.75 Å². The van der Waals surface area contributed by atoms with Crippen molar-refractivity contribution in [2.75, 3.05) is 0 Å². The van der Waals surface area contributed by atoms with E-state index < -0.39 is 5.91 Å². The number of rotatable bonds is 8. The third-order valence-corrected chi connectivity index (χ3v) is 5.04. The minimum Gasteiger partial charge on any atom is -0.465 e. The van der Waals surface area contributed by atoms with Gasteiger partial charge in [0.1, 0.15) is 11.3 Å². The second-order valence-electron chi connectivity index (χ2n) is 7.39. The van der Waals surface area contributed by atoms with Crippen LogP contribution < -0.4 is 15.5 Å². The lowest BCUT2D eigenvalue weighted by atomic mass is 10.1. The van der Waals surface area contributed by atoms with Crippen LogP contribution in [0.4, 0.5) is 0 Å². The van der Waals surface area contributed by atoms with Gasteiger partial charge in [-0.1, -0.05) is 54.6 Å². The van der Waals surface area contributed by atoms with Crippen molar-refractivity contribution in [3.63, 3.8) is 0 Å². The molecule has 0 aliphatic rings. The zero-order valence-corrected chi connectivity index (χ0v) is 17.7. The van der Waals surface area contributed by atoms with Crippen LogP contribution >= 0.6 is 0 Å². The van der Waals surface area contributed by atoms with E-state index in [1.165, 1.54) is 6.20 Å². The molecule has 4 aromatic rings. The molecular formula is C26H24N2O4. The molecule has 0 aliphatic carbocycles. The molecule has 32 heavy (non-hydrogen) atoms. The van der Waals surface area contributed by atoms with Crippen LogP contribution in [0.2, 0.25) is 0 Å². The second-order valence-corrected chi connectivity index (χ2v) is 7.39. The van der Waals surface area contributed by atoms with Crippen molar-refractivity contribution in [1.82, 2.24) is 10.3 Å². The molecule has 1 aromatic heterocycles. The topological polar surface area (TPSA) is 80.4 Å². The van der Waals surface area contributed by atoms with Gasteiger partial charge in [0.2, 0.25) is 5.43 Å². The van der Waals surface area contributed by atoms with Gasteiger partial charge in [-0.15, -0.1) is 0 Å². The summed E-state index contributed by atoms with van der Waals surface area (Å²) in [4.78, 5) is 28.1. The van der Waals surface area contributed by atoms with Crippen molar-refractivity contribution in [3.8, 4) is 5.75 Å². The summed E-state index contributed by atoms with van der Waals surface area (Å²) < 4.78 is 11.5. The van der Waals surface area contributed by atoms with Crippen molar-refractivity contribution >= 4 is 16.8 Å². The normalized spacial score (nSPS) is 11.8. The SMILES string of the molecule is CC(OCc1ccc(CNC(=O)c2c[nH]c3ccccc3c2=O)cc1)Oc1ccccc1. The lowest BCUT2D eigenvalue weighted by Gasteiger charge is -2.15. The van der Waals surface area contributed by atoms with Crippen LogP contribution in [-0.4, -0.2) is 17.2 Å². The molecule has 6 nitrogen and oxygen atoms in total. The Morgan fingerprint density at radius 3 is 2.41 bits per heavy atom. The van der Waals surface area contributed by atoms with Crippen LogP contribution in [-0.2, 0) is 17.9 Å². The molecule has 2 N–H and O–H groups in total. The van der Waals surface area contributed by atoms with Crippen molar-refractivity contribution in [1.29, 1.82) is 0 Å². The Kier molecular flexibility index (Phi) is 6.63. The third-order valence-electron chi connectivity index (χ3n) is 5.04. The predicted octanol–water partition coefficient (Wildman–Crippen LogP) is 4.40. The van der Waals surface area contributed by atoms with Crippen LogP contribution in [0.3, 0.4) is 0 Å². The molecule has 0 saturated heterocycles. The molecule has 4 rings (SSSR count). The highest BCUT2D eigenvalue weighted by Crippen LogP contribution is 2.13. The van der Waals surface area contributed by atoms with Gasteiger partial charge in [0.25, 0.3) is 5.91 Å². The molecule has 0 saturated carbocycles. The Hall–Kier alpha value is -3.90. The number of fused-ring (bicyclic) bond motifs is 1. The highest BCUT2D eigenvalue weighted by atomic mass is 16.7. The zero-order valence-electron chi connectivity index (χ0n) is 17.7. The van der Waals surface area contributed by atoms with Gasteiger partial charge in [-0.2, -0.15) is 0 Å². The number of nitrogens with one attached hydrogen (secondary N) is 2. The van der Waals surface area contributed by atoms with Gasteiger partial charge in [-0.05, 0) is 42.3 Å². The summed E-state index contributed by atoms with van der Waals surface area (Å²) >= 11 is 0. The zero-order chi connectivity index (χ0) is 22.3. The molecule has 0 aliphatic heterocycles. The first-order valence-electron chi connectivity index (χ1n) is 10.4. The van der Waals surface area contributed by atoms with E-state index in [9.17, 15) is 9.59 Å². The summed E-state index contributed by atoms with van der Waals surface area (Å²) in [6.45, 7) is 2.58. The smallest absolute Gasteiger partial charge is 0.257 e. The standard InChI is InChI=1S/C26H24N2O4/c1-18(32-21-7-3-2-4-8-21)31-17-20-13-11-19(12-14-20)15-28-26(30)23-16-27-24-10-6-5-9-22(24)25(23)29/h2-14,16,18H,15,17H2,1H3,(H,27,29)(H,28,30). The van der Waals surface area contributed by atoms with E-state index in [2.05, 4.69) is 10.3 Å². The molecular weight excluding hydrogens is 404 g/mol. The van der Waals surface area contributed by atoms with Crippen molar-refractivity contribution in [2.45, 2.75) is 26.4 Å². The molecule has 0 radical (unpaired) electrons. The van der Waals surface area contributed by atoms with Gasteiger partial charge in [0, 0.05) is 23.6 Å². The van der Waals surface area contributed by atoms with Gasteiger partial charge in [-0.25, -0.2) is 0 Å². The first-order chi connectivity index (χ1) is 15.6. The van der Waals surface area contributed by atoms with Gasteiger partial charge in [0.05, 0.1) is 6.61 Å². The van der Waals surface area contributed by atoms with Gasteiger partial charge >= 0.3 is 0 Å². The van der Waals surface area contributed by atoms with Crippen molar-refractivity contribution < 1.29 is 14.3 Å². The number of ether oxygens (including phenoxy) is 2. The Balaban J connectivity index is 1.30. The van der Waals surface area contributed by atoms with E-state index in [-0.39, 0.29) is 17.3 Å². The van der Waals surface area contributed by atoms with Gasteiger partial charge in [0.15, 0.2) is 6.29 Å². The van der Waals surface area contributed by atoms with Crippen LogP contribution in [0.15, 0.2) is 89.9 Å². The molecule has 1 unspecified atom stereocenters. The molecule has 0 bridgehead atoms. The van der Waals surface area contributed by atoms with Gasteiger partial charge in [-0.3, -0.25) is 9.59 Å². The number of pyridine rings is 1.